The van der Waals surface area contributed by atoms with Gasteiger partial charge in [0.25, 0.3) is 0 Å². The Morgan fingerprint density at radius 3 is 2.71 bits per heavy atom. The van der Waals surface area contributed by atoms with E-state index in [9.17, 15) is 0 Å². The van der Waals surface area contributed by atoms with Crippen molar-refractivity contribution >= 4 is 17.3 Å². The van der Waals surface area contributed by atoms with E-state index >= 15 is 0 Å². The topological polar surface area (TPSA) is 75.9 Å². The number of hydrogen-bond acceptors (Lipinski definition) is 5. The fourth-order valence-corrected chi connectivity index (χ4v) is 1.58. The number of nitrogens with two attached hydrogens (primary N) is 1. The molecule has 0 radical (unpaired) electrons. The number of para-hydroxylation sites is 1. The number of anilines is 3. The van der Waals surface area contributed by atoms with Crippen LogP contribution in [0, 0.1) is 0 Å². The average molecular weight is 229 g/mol. The van der Waals surface area contributed by atoms with Gasteiger partial charge in [0.05, 0.1) is 12.4 Å². The number of hydrazine groups is 1. The highest BCUT2D eigenvalue weighted by atomic mass is 15.3. The van der Waals surface area contributed by atoms with E-state index in [-0.39, 0.29) is 0 Å². The lowest BCUT2D eigenvalue weighted by atomic mass is 10.1. The molecule has 0 atom stereocenters. The molecule has 4 N–H and O–H groups in total. The number of aromatic nitrogens is 2. The quantitative estimate of drug-likeness (QED) is 0.552. The molecule has 0 fully saturated rings. The average Bonchev–Trinajstić information content (AvgIpc) is 2.39. The van der Waals surface area contributed by atoms with Crippen molar-refractivity contribution < 1.29 is 0 Å². The molecule has 2 aromatic rings. The van der Waals surface area contributed by atoms with E-state index in [2.05, 4.69) is 33.7 Å². The lowest BCUT2D eigenvalue weighted by Crippen LogP contribution is -2.09. The van der Waals surface area contributed by atoms with Crippen LogP contribution in [-0.4, -0.2) is 9.97 Å². The van der Waals surface area contributed by atoms with Crippen molar-refractivity contribution in [3.8, 4) is 0 Å². The summed E-state index contributed by atoms with van der Waals surface area (Å²) < 4.78 is 0. The predicted molar refractivity (Wildman–Crippen MR) is 68.9 cm³/mol. The van der Waals surface area contributed by atoms with Gasteiger partial charge in [-0.1, -0.05) is 25.1 Å². The molecular formula is C12H15N5. The second-order valence-electron chi connectivity index (χ2n) is 3.57. The smallest absolute Gasteiger partial charge is 0.160 e. The van der Waals surface area contributed by atoms with Crippen molar-refractivity contribution in [2.75, 3.05) is 10.7 Å². The van der Waals surface area contributed by atoms with Crippen LogP contribution in [0.3, 0.4) is 0 Å². The van der Waals surface area contributed by atoms with E-state index in [1.165, 1.54) is 5.56 Å². The molecule has 88 valence electrons. The third-order valence-electron chi connectivity index (χ3n) is 2.44. The zero-order chi connectivity index (χ0) is 12.1. The molecule has 0 aliphatic carbocycles. The molecule has 0 bridgehead atoms. The molecule has 0 aliphatic rings. The molecule has 5 nitrogen and oxygen atoms in total. The number of nitrogens with zero attached hydrogens (tertiary/aromatic N) is 2. The Morgan fingerprint density at radius 1 is 1.18 bits per heavy atom. The van der Waals surface area contributed by atoms with Gasteiger partial charge in [-0.15, -0.1) is 0 Å². The van der Waals surface area contributed by atoms with Crippen molar-refractivity contribution in [1.29, 1.82) is 0 Å². The molecule has 0 unspecified atom stereocenters. The Bertz CT molecular complexity index is 498. The zero-order valence-electron chi connectivity index (χ0n) is 9.64. The third-order valence-corrected chi connectivity index (χ3v) is 2.44. The molecule has 17 heavy (non-hydrogen) atoms. The highest BCUT2D eigenvalue weighted by molar-refractivity contribution is 5.60. The molecule has 1 heterocycles. The fraction of sp³-hybridized carbons (Fsp3) is 0.167. The lowest BCUT2D eigenvalue weighted by Gasteiger charge is -2.10. The second-order valence-corrected chi connectivity index (χ2v) is 3.57. The maximum Gasteiger partial charge on any atom is 0.160 e. The summed E-state index contributed by atoms with van der Waals surface area (Å²) in [5, 5.41) is 3.23. The fourth-order valence-electron chi connectivity index (χ4n) is 1.58. The van der Waals surface area contributed by atoms with Gasteiger partial charge in [0.15, 0.2) is 11.6 Å². The van der Waals surface area contributed by atoms with E-state index in [0.29, 0.717) is 11.6 Å². The van der Waals surface area contributed by atoms with Crippen LogP contribution in [0.15, 0.2) is 36.7 Å². The normalized spacial score (nSPS) is 10.0. The summed E-state index contributed by atoms with van der Waals surface area (Å²) in [6.45, 7) is 2.12. The van der Waals surface area contributed by atoms with Crippen molar-refractivity contribution in [3.05, 3.63) is 42.2 Å². The molecule has 0 amide bonds. The summed E-state index contributed by atoms with van der Waals surface area (Å²) in [5.74, 6) is 6.49. The molecule has 1 aromatic heterocycles. The summed E-state index contributed by atoms with van der Waals surface area (Å²) in [4.78, 5) is 8.29. The maximum atomic E-state index is 5.29. The van der Waals surface area contributed by atoms with Crippen LogP contribution in [0.25, 0.3) is 0 Å². The zero-order valence-corrected chi connectivity index (χ0v) is 9.64. The Morgan fingerprint density at radius 2 is 1.94 bits per heavy atom. The summed E-state index contributed by atoms with van der Waals surface area (Å²) in [5.41, 5.74) is 4.74. The first-order valence-corrected chi connectivity index (χ1v) is 5.47. The predicted octanol–water partition coefficient (Wildman–Crippen LogP) is 2.07. The van der Waals surface area contributed by atoms with Crippen LogP contribution >= 0.6 is 0 Å². The van der Waals surface area contributed by atoms with E-state index in [1.54, 1.807) is 12.4 Å². The van der Waals surface area contributed by atoms with Crippen molar-refractivity contribution in [3.63, 3.8) is 0 Å². The molecule has 0 spiro atoms. The molecule has 5 heteroatoms. The van der Waals surface area contributed by atoms with Gasteiger partial charge in [0, 0.05) is 5.69 Å². The highest BCUT2D eigenvalue weighted by Crippen LogP contribution is 2.19. The van der Waals surface area contributed by atoms with Crippen molar-refractivity contribution in [1.82, 2.24) is 9.97 Å². The minimum absolute atomic E-state index is 0.531. The number of aryl methyl sites for hydroxylation is 1. The van der Waals surface area contributed by atoms with E-state index in [1.807, 2.05) is 18.2 Å². The first kappa shape index (κ1) is 11.3. The molecule has 0 aliphatic heterocycles. The molecular weight excluding hydrogens is 214 g/mol. The van der Waals surface area contributed by atoms with Crippen molar-refractivity contribution in [2.45, 2.75) is 13.3 Å². The van der Waals surface area contributed by atoms with Crippen LogP contribution in [0.5, 0.6) is 0 Å². The van der Waals surface area contributed by atoms with Crippen LogP contribution in [0.4, 0.5) is 17.3 Å². The van der Waals surface area contributed by atoms with E-state index in [0.717, 1.165) is 12.1 Å². The minimum Gasteiger partial charge on any atom is -0.339 e. The summed E-state index contributed by atoms with van der Waals surface area (Å²) in [7, 11) is 0. The largest absolute Gasteiger partial charge is 0.339 e. The van der Waals surface area contributed by atoms with Crippen LogP contribution < -0.4 is 16.6 Å². The summed E-state index contributed by atoms with van der Waals surface area (Å²) in [6, 6.07) is 8.11. The van der Waals surface area contributed by atoms with E-state index < -0.39 is 0 Å². The van der Waals surface area contributed by atoms with Gasteiger partial charge in [-0.25, -0.2) is 10.8 Å². The van der Waals surface area contributed by atoms with Gasteiger partial charge >= 0.3 is 0 Å². The minimum atomic E-state index is 0.531. The second kappa shape index (κ2) is 5.27. The highest BCUT2D eigenvalue weighted by Gasteiger charge is 2.02. The molecule has 0 saturated carbocycles. The van der Waals surface area contributed by atoms with Gasteiger partial charge in [-0.3, -0.25) is 4.98 Å². The molecule has 0 saturated heterocycles. The molecule has 2 rings (SSSR count). The Hall–Kier alpha value is -2.14. The van der Waals surface area contributed by atoms with Gasteiger partial charge in [0.1, 0.15) is 0 Å². The van der Waals surface area contributed by atoms with Gasteiger partial charge < -0.3 is 10.7 Å². The number of hydrogen-bond donors (Lipinski definition) is 3. The number of benzene rings is 1. The number of nitrogens with one attached hydrogen (secondary N) is 2. The SMILES string of the molecule is CCc1ccccc1Nc1cncc(NN)n1. The van der Waals surface area contributed by atoms with E-state index in [4.69, 9.17) is 5.84 Å². The Kier molecular flexibility index (Phi) is 3.52. The van der Waals surface area contributed by atoms with Crippen LogP contribution in [0.1, 0.15) is 12.5 Å². The number of rotatable bonds is 4. The molecule has 1 aromatic carbocycles. The number of nitrogen functional groups attached to an aromatic ring is 1. The van der Waals surface area contributed by atoms with Crippen molar-refractivity contribution in [2.24, 2.45) is 5.84 Å². The lowest BCUT2D eigenvalue weighted by molar-refractivity contribution is 1.12. The Labute approximate surface area is 100 Å². The van der Waals surface area contributed by atoms with Gasteiger partial charge in [0.2, 0.25) is 0 Å². The monoisotopic (exact) mass is 229 g/mol. The Balaban J connectivity index is 2.24. The maximum absolute atomic E-state index is 5.29. The van der Waals surface area contributed by atoms with Gasteiger partial charge in [-0.2, -0.15) is 0 Å². The first-order valence-electron chi connectivity index (χ1n) is 5.47. The standard InChI is InChI=1S/C12H15N5/c1-2-9-5-3-4-6-10(9)15-11-7-14-8-12(16-11)17-13/h3-8H,2,13H2,1H3,(H2,15,16,17). The summed E-state index contributed by atoms with van der Waals surface area (Å²) in [6.07, 6.45) is 4.19. The summed E-state index contributed by atoms with van der Waals surface area (Å²) >= 11 is 0. The van der Waals surface area contributed by atoms with Gasteiger partial charge in [-0.05, 0) is 18.1 Å². The van der Waals surface area contributed by atoms with Crippen LogP contribution in [-0.2, 0) is 6.42 Å². The third kappa shape index (κ3) is 2.70. The first-order chi connectivity index (χ1) is 8.33. The van der Waals surface area contributed by atoms with Crippen LogP contribution in [0.2, 0.25) is 0 Å².